The maximum atomic E-state index is 11.9. The standard InChI is InChI=1S/C12H14N6O3.ClH/c1-13-4-5-15-12(19)9-2-3-10(11(6-9)18(20)21)17-8-14-7-16-17;/h2-3,6-8,13H,4-5H2,1H3,(H,15,19);1H. The van der Waals surface area contributed by atoms with E-state index in [1.54, 1.807) is 7.05 Å². The van der Waals surface area contributed by atoms with Gasteiger partial charge in [0, 0.05) is 24.7 Å². The summed E-state index contributed by atoms with van der Waals surface area (Å²) in [5, 5.41) is 20.6. The van der Waals surface area contributed by atoms with E-state index in [1.165, 1.54) is 35.5 Å². The minimum atomic E-state index is -0.554. The van der Waals surface area contributed by atoms with Crippen LogP contribution in [0.2, 0.25) is 0 Å². The lowest BCUT2D eigenvalue weighted by Crippen LogP contribution is -2.30. The highest BCUT2D eigenvalue weighted by atomic mass is 35.5. The number of halogens is 1. The van der Waals surface area contributed by atoms with Crippen molar-refractivity contribution in [3.05, 3.63) is 46.5 Å². The molecule has 0 atom stereocenters. The summed E-state index contributed by atoms with van der Waals surface area (Å²) in [6.07, 6.45) is 2.64. The molecule has 1 aromatic heterocycles. The van der Waals surface area contributed by atoms with Gasteiger partial charge in [-0.25, -0.2) is 9.67 Å². The number of nitrogens with zero attached hydrogens (tertiary/aromatic N) is 4. The van der Waals surface area contributed by atoms with Crippen molar-refractivity contribution >= 4 is 24.0 Å². The molecule has 10 heteroatoms. The summed E-state index contributed by atoms with van der Waals surface area (Å²) in [5.41, 5.74) is 0.271. The molecule has 0 saturated carbocycles. The van der Waals surface area contributed by atoms with Gasteiger partial charge >= 0.3 is 0 Å². The molecule has 0 bridgehead atoms. The van der Waals surface area contributed by atoms with E-state index in [0.29, 0.717) is 13.1 Å². The number of nitro benzene ring substituents is 1. The summed E-state index contributed by atoms with van der Waals surface area (Å²) in [7, 11) is 1.77. The quantitative estimate of drug-likeness (QED) is 0.455. The monoisotopic (exact) mass is 326 g/mol. The number of benzene rings is 1. The van der Waals surface area contributed by atoms with Crippen LogP contribution in [0, 0.1) is 10.1 Å². The second kappa shape index (κ2) is 8.05. The van der Waals surface area contributed by atoms with Gasteiger partial charge in [-0.1, -0.05) is 0 Å². The molecule has 0 saturated heterocycles. The van der Waals surface area contributed by atoms with E-state index in [9.17, 15) is 14.9 Å². The summed E-state index contributed by atoms with van der Waals surface area (Å²) in [4.78, 5) is 26.2. The Hall–Kier alpha value is -2.52. The van der Waals surface area contributed by atoms with Crippen LogP contribution in [0.25, 0.3) is 5.69 Å². The zero-order chi connectivity index (χ0) is 15.2. The fraction of sp³-hybridized carbons (Fsp3) is 0.250. The smallest absolute Gasteiger partial charge is 0.295 e. The largest absolute Gasteiger partial charge is 0.351 e. The molecule has 1 heterocycles. The molecular weight excluding hydrogens is 312 g/mol. The van der Waals surface area contributed by atoms with Gasteiger partial charge < -0.3 is 10.6 Å². The molecule has 2 rings (SSSR count). The minimum absolute atomic E-state index is 0. The second-order valence-electron chi connectivity index (χ2n) is 4.16. The molecule has 0 aliphatic carbocycles. The molecule has 2 N–H and O–H groups in total. The van der Waals surface area contributed by atoms with Crippen molar-refractivity contribution in [2.75, 3.05) is 20.1 Å². The van der Waals surface area contributed by atoms with Crippen LogP contribution in [0.4, 0.5) is 5.69 Å². The lowest BCUT2D eigenvalue weighted by atomic mass is 10.1. The zero-order valence-corrected chi connectivity index (χ0v) is 12.5. The molecule has 0 spiro atoms. The first-order valence-electron chi connectivity index (χ1n) is 6.19. The van der Waals surface area contributed by atoms with Crippen LogP contribution >= 0.6 is 12.4 Å². The van der Waals surface area contributed by atoms with Crippen molar-refractivity contribution in [1.82, 2.24) is 25.4 Å². The zero-order valence-electron chi connectivity index (χ0n) is 11.7. The Morgan fingerprint density at radius 3 is 2.77 bits per heavy atom. The normalized spacial score (nSPS) is 9.86. The summed E-state index contributed by atoms with van der Waals surface area (Å²) in [5.74, 6) is -0.363. The Morgan fingerprint density at radius 1 is 1.41 bits per heavy atom. The summed E-state index contributed by atoms with van der Waals surface area (Å²) >= 11 is 0. The molecule has 22 heavy (non-hydrogen) atoms. The SMILES string of the molecule is CNCCNC(=O)c1ccc(-n2cncn2)c([N+](=O)[O-])c1.Cl. The third-order valence-corrected chi connectivity index (χ3v) is 2.76. The Balaban J connectivity index is 0.00000242. The Morgan fingerprint density at radius 2 is 2.18 bits per heavy atom. The predicted molar refractivity (Wildman–Crippen MR) is 81.5 cm³/mol. The van der Waals surface area contributed by atoms with Crippen molar-refractivity contribution in [2.24, 2.45) is 0 Å². The van der Waals surface area contributed by atoms with Crippen molar-refractivity contribution in [2.45, 2.75) is 0 Å². The highest BCUT2D eigenvalue weighted by Crippen LogP contribution is 2.23. The van der Waals surface area contributed by atoms with E-state index in [2.05, 4.69) is 20.7 Å². The van der Waals surface area contributed by atoms with Crippen LogP contribution in [0.5, 0.6) is 0 Å². The molecule has 1 amide bonds. The van der Waals surface area contributed by atoms with Crippen LogP contribution in [0.3, 0.4) is 0 Å². The van der Waals surface area contributed by atoms with Crippen LogP contribution in [0.1, 0.15) is 10.4 Å². The molecule has 1 aromatic carbocycles. The Bertz CT molecular complexity index is 646. The molecule has 0 unspecified atom stereocenters. The molecule has 0 radical (unpaired) electrons. The molecule has 0 aliphatic rings. The molecule has 118 valence electrons. The van der Waals surface area contributed by atoms with Gasteiger partial charge in [-0.15, -0.1) is 12.4 Å². The van der Waals surface area contributed by atoms with Gasteiger partial charge in [-0.3, -0.25) is 14.9 Å². The van der Waals surface area contributed by atoms with E-state index >= 15 is 0 Å². The number of amides is 1. The van der Waals surface area contributed by atoms with Gasteiger partial charge in [0.25, 0.3) is 11.6 Å². The first-order chi connectivity index (χ1) is 10.1. The Labute approximate surface area is 132 Å². The lowest BCUT2D eigenvalue weighted by molar-refractivity contribution is -0.384. The van der Waals surface area contributed by atoms with Crippen molar-refractivity contribution in [1.29, 1.82) is 0 Å². The number of carbonyl (C=O) groups is 1. The molecule has 0 fully saturated rings. The summed E-state index contributed by atoms with van der Waals surface area (Å²) < 4.78 is 1.28. The van der Waals surface area contributed by atoms with Crippen LogP contribution in [0.15, 0.2) is 30.9 Å². The van der Waals surface area contributed by atoms with E-state index in [4.69, 9.17) is 0 Å². The van der Waals surface area contributed by atoms with Gasteiger partial charge in [0.1, 0.15) is 18.3 Å². The fourth-order valence-corrected chi connectivity index (χ4v) is 1.74. The van der Waals surface area contributed by atoms with Crippen molar-refractivity contribution < 1.29 is 9.72 Å². The number of aromatic nitrogens is 3. The number of carbonyl (C=O) groups excluding carboxylic acids is 1. The number of rotatable bonds is 6. The van der Waals surface area contributed by atoms with Gasteiger partial charge in [0.05, 0.1) is 4.92 Å². The van der Waals surface area contributed by atoms with Gasteiger partial charge in [-0.05, 0) is 19.2 Å². The average Bonchev–Trinajstić information content (AvgIpc) is 3.00. The summed E-state index contributed by atoms with van der Waals surface area (Å²) in [6, 6.07) is 4.21. The molecular formula is C12H15ClN6O3. The maximum Gasteiger partial charge on any atom is 0.295 e. The van der Waals surface area contributed by atoms with Crippen molar-refractivity contribution in [3.8, 4) is 5.69 Å². The number of nitrogens with one attached hydrogen (secondary N) is 2. The first kappa shape index (κ1) is 17.5. The molecule has 0 aliphatic heterocycles. The van der Waals surface area contributed by atoms with Crippen LogP contribution in [-0.2, 0) is 0 Å². The number of likely N-dealkylation sites (N-methyl/N-ethyl adjacent to an activating group) is 1. The maximum absolute atomic E-state index is 11.9. The minimum Gasteiger partial charge on any atom is -0.351 e. The fourth-order valence-electron chi connectivity index (χ4n) is 1.74. The number of hydrogen-bond donors (Lipinski definition) is 2. The predicted octanol–water partition coefficient (Wildman–Crippen LogP) is 0.546. The second-order valence-corrected chi connectivity index (χ2v) is 4.16. The van der Waals surface area contributed by atoms with Crippen LogP contribution < -0.4 is 10.6 Å². The number of hydrogen-bond acceptors (Lipinski definition) is 6. The van der Waals surface area contributed by atoms with Gasteiger partial charge in [0.2, 0.25) is 0 Å². The van der Waals surface area contributed by atoms with Crippen molar-refractivity contribution in [3.63, 3.8) is 0 Å². The summed E-state index contributed by atoms with van der Waals surface area (Å²) in [6.45, 7) is 1.05. The van der Waals surface area contributed by atoms with E-state index in [0.717, 1.165) is 0 Å². The van der Waals surface area contributed by atoms with Gasteiger partial charge in [0.15, 0.2) is 0 Å². The first-order valence-corrected chi connectivity index (χ1v) is 6.19. The average molecular weight is 327 g/mol. The van der Waals surface area contributed by atoms with Gasteiger partial charge in [-0.2, -0.15) is 5.10 Å². The Kier molecular flexibility index (Phi) is 6.42. The van der Waals surface area contributed by atoms with E-state index in [-0.39, 0.29) is 35.3 Å². The topological polar surface area (TPSA) is 115 Å². The van der Waals surface area contributed by atoms with Crippen LogP contribution in [-0.4, -0.2) is 45.7 Å². The highest BCUT2D eigenvalue weighted by molar-refractivity contribution is 5.95. The lowest BCUT2D eigenvalue weighted by Gasteiger charge is -2.07. The third kappa shape index (κ3) is 3.99. The highest BCUT2D eigenvalue weighted by Gasteiger charge is 2.19. The molecule has 9 nitrogen and oxygen atoms in total. The van der Waals surface area contributed by atoms with E-state index < -0.39 is 4.92 Å². The number of nitro groups is 1. The van der Waals surface area contributed by atoms with E-state index in [1.807, 2.05) is 0 Å². The third-order valence-electron chi connectivity index (χ3n) is 2.76. The molecule has 2 aromatic rings.